The summed E-state index contributed by atoms with van der Waals surface area (Å²) in [6, 6.07) is 6.99. The molecular weight excluding hydrogens is 246 g/mol. The molecule has 1 aliphatic rings. The zero-order valence-electron chi connectivity index (χ0n) is 11.0. The van der Waals surface area contributed by atoms with Gasteiger partial charge in [-0.1, -0.05) is 0 Å². The van der Waals surface area contributed by atoms with E-state index in [4.69, 9.17) is 14.6 Å². The molecule has 1 aromatic carbocycles. The second-order valence-corrected chi connectivity index (χ2v) is 4.62. The lowest BCUT2D eigenvalue weighted by atomic mass is 10.0. The van der Waals surface area contributed by atoms with Crippen molar-refractivity contribution < 1.29 is 19.4 Å². The predicted octanol–water partition coefficient (Wildman–Crippen LogP) is 0.915. The summed E-state index contributed by atoms with van der Waals surface area (Å²) in [4.78, 5) is 13.6. The molecule has 19 heavy (non-hydrogen) atoms. The lowest BCUT2D eigenvalue weighted by molar-refractivity contribution is -0.137. The van der Waals surface area contributed by atoms with E-state index >= 15 is 0 Å². The predicted molar refractivity (Wildman–Crippen MR) is 70.3 cm³/mol. The lowest BCUT2D eigenvalue weighted by Crippen LogP contribution is -2.50. The van der Waals surface area contributed by atoms with Gasteiger partial charge in [-0.2, -0.15) is 0 Å². The molecule has 0 bridgehead atoms. The monoisotopic (exact) mass is 265 g/mol. The van der Waals surface area contributed by atoms with Gasteiger partial charge >= 0.3 is 5.97 Å². The maximum atomic E-state index is 11.7. The number of esters is 1. The van der Waals surface area contributed by atoms with Crippen molar-refractivity contribution in [3.05, 3.63) is 24.3 Å². The highest BCUT2D eigenvalue weighted by molar-refractivity contribution is 5.74. The third-order valence-corrected chi connectivity index (χ3v) is 3.01. The van der Waals surface area contributed by atoms with E-state index in [2.05, 4.69) is 0 Å². The Morgan fingerprint density at radius 1 is 1.32 bits per heavy atom. The number of hydrogen-bond donors (Lipinski definition) is 1. The van der Waals surface area contributed by atoms with Crippen LogP contribution in [0.1, 0.15) is 6.92 Å². The van der Waals surface area contributed by atoms with Crippen LogP contribution >= 0.6 is 0 Å². The molecule has 1 aromatic rings. The highest BCUT2D eigenvalue weighted by Gasteiger charge is 2.27. The number of hydrogen-bond acceptors (Lipinski definition) is 5. The van der Waals surface area contributed by atoms with Crippen LogP contribution in [0.5, 0.6) is 11.5 Å². The molecule has 0 saturated carbocycles. The number of ether oxygens (including phenoxy) is 2. The van der Waals surface area contributed by atoms with E-state index in [1.165, 1.54) is 0 Å². The smallest absolute Gasteiger partial charge is 0.325 e. The van der Waals surface area contributed by atoms with Gasteiger partial charge in [-0.3, -0.25) is 9.69 Å². The van der Waals surface area contributed by atoms with Crippen LogP contribution in [0, 0.1) is 5.92 Å². The van der Waals surface area contributed by atoms with Crippen LogP contribution in [0.25, 0.3) is 0 Å². The zero-order chi connectivity index (χ0) is 13.7. The van der Waals surface area contributed by atoms with Crippen molar-refractivity contribution in [2.45, 2.75) is 6.92 Å². The van der Waals surface area contributed by atoms with E-state index in [-0.39, 0.29) is 19.1 Å². The molecule has 5 nitrogen and oxygen atoms in total. The van der Waals surface area contributed by atoms with Crippen molar-refractivity contribution in [1.29, 1.82) is 0 Å². The third kappa shape index (κ3) is 3.94. The van der Waals surface area contributed by atoms with Crippen molar-refractivity contribution in [2.75, 3.05) is 32.8 Å². The molecule has 1 N–H and O–H groups in total. The van der Waals surface area contributed by atoms with Gasteiger partial charge in [0.1, 0.15) is 11.5 Å². The standard InChI is InChI=1S/C14H19NO4/c1-2-18-12-3-5-13(6-4-12)19-14(17)9-15-7-11(8-15)10-16/h3-6,11,16H,2,7-10H2,1H3. The first-order valence-corrected chi connectivity index (χ1v) is 6.48. The van der Waals surface area contributed by atoms with Gasteiger partial charge in [0.15, 0.2) is 0 Å². The molecule has 0 aromatic heterocycles. The maximum absolute atomic E-state index is 11.7. The average Bonchev–Trinajstić information content (AvgIpc) is 2.36. The lowest BCUT2D eigenvalue weighted by Gasteiger charge is -2.37. The Bertz CT molecular complexity index is 412. The Hall–Kier alpha value is -1.59. The molecule has 5 heteroatoms. The van der Waals surface area contributed by atoms with Gasteiger partial charge in [0.2, 0.25) is 0 Å². The fraction of sp³-hybridized carbons (Fsp3) is 0.500. The van der Waals surface area contributed by atoms with Gasteiger partial charge in [0.05, 0.1) is 13.2 Å². The minimum Gasteiger partial charge on any atom is -0.494 e. The average molecular weight is 265 g/mol. The summed E-state index contributed by atoms with van der Waals surface area (Å²) in [5, 5.41) is 8.89. The first-order chi connectivity index (χ1) is 9.21. The first-order valence-electron chi connectivity index (χ1n) is 6.48. The Kier molecular flexibility index (Phi) is 4.76. The van der Waals surface area contributed by atoms with Crippen LogP contribution in [-0.2, 0) is 4.79 Å². The van der Waals surface area contributed by atoms with Gasteiger partial charge < -0.3 is 14.6 Å². The SMILES string of the molecule is CCOc1ccc(OC(=O)CN2CC(CO)C2)cc1. The van der Waals surface area contributed by atoms with Crippen molar-refractivity contribution in [3.63, 3.8) is 0 Å². The Morgan fingerprint density at radius 2 is 1.95 bits per heavy atom. The third-order valence-electron chi connectivity index (χ3n) is 3.01. The topological polar surface area (TPSA) is 59.0 Å². The Labute approximate surface area is 112 Å². The summed E-state index contributed by atoms with van der Waals surface area (Å²) in [6.45, 7) is 4.50. The van der Waals surface area contributed by atoms with E-state index in [0.29, 0.717) is 18.3 Å². The molecule has 2 rings (SSSR count). The summed E-state index contributed by atoms with van der Waals surface area (Å²) in [5.74, 6) is 1.31. The maximum Gasteiger partial charge on any atom is 0.325 e. The molecule has 1 heterocycles. The molecule has 0 unspecified atom stereocenters. The van der Waals surface area contributed by atoms with Crippen LogP contribution in [0.2, 0.25) is 0 Å². The molecule has 0 spiro atoms. The molecule has 1 aliphatic heterocycles. The molecule has 1 saturated heterocycles. The number of benzene rings is 1. The minimum atomic E-state index is -0.277. The quantitative estimate of drug-likeness (QED) is 0.612. The fourth-order valence-electron chi connectivity index (χ4n) is 2.04. The van der Waals surface area contributed by atoms with Crippen LogP contribution in [0.4, 0.5) is 0 Å². The van der Waals surface area contributed by atoms with Crippen LogP contribution in [0.3, 0.4) is 0 Å². The summed E-state index contributed by atoms with van der Waals surface area (Å²) in [5.41, 5.74) is 0. The van der Waals surface area contributed by atoms with Gasteiger partial charge in [0, 0.05) is 25.6 Å². The molecular formula is C14H19NO4. The second-order valence-electron chi connectivity index (χ2n) is 4.62. The van der Waals surface area contributed by atoms with E-state index in [1.54, 1.807) is 24.3 Å². The number of aliphatic hydroxyl groups excluding tert-OH is 1. The van der Waals surface area contributed by atoms with Gasteiger partial charge in [-0.05, 0) is 31.2 Å². The van der Waals surface area contributed by atoms with Gasteiger partial charge in [-0.15, -0.1) is 0 Å². The summed E-state index contributed by atoms with van der Waals surface area (Å²) in [7, 11) is 0. The second kappa shape index (κ2) is 6.54. The largest absolute Gasteiger partial charge is 0.494 e. The van der Waals surface area contributed by atoms with Crippen molar-refractivity contribution >= 4 is 5.97 Å². The van der Waals surface area contributed by atoms with Crippen molar-refractivity contribution in [3.8, 4) is 11.5 Å². The highest BCUT2D eigenvalue weighted by Crippen LogP contribution is 2.18. The number of nitrogens with zero attached hydrogens (tertiary/aromatic N) is 1. The summed E-state index contributed by atoms with van der Waals surface area (Å²) >= 11 is 0. The van der Waals surface area contributed by atoms with Crippen LogP contribution in [0.15, 0.2) is 24.3 Å². The zero-order valence-corrected chi connectivity index (χ0v) is 11.0. The molecule has 0 radical (unpaired) electrons. The highest BCUT2D eigenvalue weighted by atomic mass is 16.5. The molecule has 0 aliphatic carbocycles. The summed E-state index contributed by atoms with van der Waals surface area (Å²) in [6.07, 6.45) is 0. The first kappa shape index (κ1) is 13.8. The van der Waals surface area contributed by atoms with Crippen molar-refractivity contribution in [2.24, 2.45) is 5.92 Å². The Morgan fingerprint density at radius 3 is 2.53 bits per heavy atom. The number of likely N-dealkylation sites (tertiary alicyclic amines) is 1. The van der Waals surface area contributed by atoms with E-state index < -0.39 is 0 Å². The van der Waals surface area contributed by atoms with Crippen molar-refractivity contribution in [1.82, 2.24) is 4.90 Å². The Balaban J connectivity index is 1.76. The molecule has 0 atom stereocenters. The molecule has 104 valence electrons. The summed E-state index contributed by atoms with van der Waals surface area (Å²) < 4.78 is 10.5. The molecule has 0 amide bonds. The van der Waals surface area contributed by atoms with Gasteiger partial charge in [0.25, 0.3) is 0 Å². The number of rotatable bonds is 6. The van der Waals surface area contributed by atoms with E-state index in [9.17, 15) is 4.79 Å². The van der Waals surface area contributed by atoms with E-state index in [1.807, 2.05) is 11.8 Å². The van der Waals surface area contributed by atoms with E-state index in [0.717, 1.165) is 18.8 Å². The fourth-order valence-corrected chi connectivity index (χ4v) is 2.04. The van der Waals surface area contributed by atoms with Gasteiger partial charge in [-0.25, -0.2) is 0 Å². The normalized spacial score (nSPS) is 15.9. The number of carbonyl (C=O) groups is 1. The minimum absolute atomic E-state index is 0.185. The number of aliphatic hydroxyl groups is 1. The van der Waals surface area contributed by atoms with Crippen LogP contribution < -0.4 is 9.47 Å². The molecule has 1 fully saturated rings. The van der Waals surface area contributed by atoms with Crippen LogP contribution in [-0.4, -0.2) is 48.8 Å². The number of carbonyl (C=O) groups excluding carboxylic acids is 1.